The maximum Gasteiger partial charge on any atom is 0.419 e. The van der Waals surface area contributed by atoms with Crippen molar-refractivity contribution in [2.45, 2.75) is 39.8 Å². The first-order valence-electron chi connectivity index (χ1n) is 7.90. The van der Waals surface area contributed by atoms with Crippen molar-refractivity contribution in [1.29, 1.82) is 0 Å². The van der Waals surface area contributed by atoms with Gasteiger partial charge in [-0.15, -0.1) is 0 Å². The molecular weight excluding hydrogens is 359 g/mol. The largest absolute Gasteiger partial charge is 0.419 e. The Bertz CT molecular complexity index is 679. The quantitative estimate of drug-likeness (QED) is 0.619. The molecule has 1 aliphatic rings. The summed E-state index contributed by atoms with van der Waals surface area (Å²) < 4.78 is 38.1. The molecular formula is C16H19ClF3N3O2. The first-order valence-corrected chi connectivity index (χ1v) is 8.28. The van der Waals surface area contributed by atoms with Gasteiger partial charge in [-0.05, 0) is 24.5 Å². The van der Waals surface area contributed by atoms with Gasteiger partial charge in [0.25, 0.3) is 11.8 Å². The standard InChI is InChI=1S/C16H19ClF3N3O2/c1-8(2)4-5-10-9(3)14(24)23(15(10)25)22-12-7-6-11(13(17)21-12)16(18,19)20/h6-10H,4-5H2,1-3H3,(H,21,22). The van der Waals surface area contributed by atoms with Gasteiger partial charge in [0.1, 0.15) is 11.0 Å². The second-order valence-corrected chi connectivity index (χ2v) is 6.88. The Hall–Kier alpha value is -1.83. The molecule has 2 rings (SSSR count). The first kappa shape index (κ1) is 19.5. The Labute approximate surface area is 148 Å². The van der Waals surface area contributed by atoms with E-state index in [9.17, 15) is 22.8 Å². The number of nitrogens with one attached hydrogen (secondary N) is 1. The molecule has 0 saturated carbocycles. The Morgan fingerprint density at radius 2 is 1.92 bits per heavy atom. The van der Waals surface area contributed by atoms with Crippen LogP contribution in [0.2, 0.25) is 5.15 Å². The summed E-state index contributed by atoms with van der Waals surface area (Å²) in [6, 6.07) is 1.78. The molecule has 138 valence electrons. The molecule has 2 unspecified atom stereocenters. The van der Waals surface area contributed by atoms with Gasteiger partial charge in [-0.1, -0.05) is 38.8 Å². The fraction of sp³-hybridized carbons (Fsp3) is 0.562. The van der Waals surface area contributed by atoms with Crippen LogP contribution in [0.1, 0.15) is 39.2 Å². The van der Waals surface area contributed by atoms with E-state index >= 15 is 0 Å². The summed E-state index contributed by atoms with van der Waals surface area (Å²) in [5, 5.41) is 0.0719. The van der Waals surface area contributed by atoms with E-state index < -0.39 is 40.5 Å². The van der Waals surface area contributed by atoms with Crippen LogP contribution in [0, 0.1) is 17.8 Å². The molecule has 1 saturated heterocycles. The summed E-state index contributed by atoms with van der Waals surface area (Å²) in [5.74, 6) is -1.49. The molecule has 5 nitrogen and oxygen atoms in total. The fourth-order valence-electron chi connectivity index (χ4n) is 2.68. The molecule has 0 spiro atoms. The predicted molar refractivity (Wildman–Crippen MR) is 86.5 cm³/mol. The number of alkyl halides is 3. The van der Waals surface area contributed by atoms with Gasteiger partial charge in [-0.2, -0.15) is 18.2 Å². The van der Waals surface area contributed by atoms with E-state index in [-0.39, 0.29) is 5.82 Å². The van der Waals surface area contributed by atoms with Crippen LogP contribution in [0.5, 0.6) is 0 Å². The van der Waals surface area contributed by atoms with Crippen molar-refractivity contribution in [3.63, 3.8) is 0 Å². The Kier molecular flexibility index (Phi) is 5.61. The molecule has 0 bridgehead atoms. The molecule has 1 N–H and O–H groups in total. The van der Waals surface area contributed by atoms with Gasteiger partial charge in [0.05, 0.1) is 11.5 Å². The summed E-state index contributed by atoms with van der Waals surface area (Å²) in [7, 11) is 0. The molecule has 2 atom stereocenters. The van der Waals surface area contributed by atoms with Gasteiger partial charge in [-0.25, -0.2) is 4.98 Å². The molecule has 1 aromatic heterocycles. The van der Waals surface area contributed by atoms with Crippen LogP contribution >= 0.6 is 11.6 Å². The highest BCUT2D eigenvalue weighted by molar-refractivity contribution is 6.30. The Morgan fingerprint density at radius 1 is 1.28 bits per heavy atom. The number of carbonyl (C=O) groups excluding carboxylic acids is 2. The van der Waals surface area contributed by atoms with Crippen molar-refractivity contribution in [2.24, 2.45) is 17.8 Å². The van der Waals surface area contributed by atoms with Gasteiger partial charge < -0.3 is 0 Å². The highest BCUT2D eigenvalue weighted by Crippen LogP contribution is 2.35. The molecule has 9 heteroatoms. The lowest BCUT2D eigenvalue weighted by Crippen LogP contribution is -2.36. The summed E-state index contributed by atoms with van der Waals surface area (Å²) >= 11 is 5.55. The second kappa shape index (κ2) is 7.19. The number of anilines is 1. The molecule has 25 heavy (non-hydrogen) atoms. The van der Waals surface area contributed by atoms with E-state index in [0.29, 0.717) is 12.3 Å². The normalized spacial score (nSPS) is 21.4. The zero-order valence-electron chi connectivity index (χ0n) is 14.0. The summed E-state index contributed by atoms with van der Waals surface area (Å²) in [5.41, 5.74) is 1.40. The second-order valence-electron chi connectivity index (χ2n) is 6.52. The maximum absolute atomic E-state index is 12.7. The monoisotopic (exact) mass is 377 g/mol. The third-order valence-electron chi connectivity index (χ3n) is 4.19. The number of carbonyl (C=O) groups is 2. The van der Waals surface area contributed by atoms with E-state index in [0.717, 1.165) is 23.6 Å². The van der Waals surface area contributed by atoms with E-state index in [4.69, 9.17) is 11.6 Å². The van der Waals surface area contributed by atoms with Crippen LogP contribution in [0.25, 0.3) is 0 Å². The number of pyridine rings is 1. The lowest BCUT2D eigenvalue weighted by atomic mass is 9.90. The summed E-state index contributed by atoms with van der Waals surface area (Å²) in [4.78, 5) is 28.3. The highest BCUT2D eigenvalue weighted by Gasteiger charge is 2.45. The third-order valence-corrected chi connectivity index (χ3v) is 4.47. The van der Waals surface area contributed by atoms with Crippen molar-refractivity contribution in [2.75, 3.05) is 5.43 Å². The number of hydrogen-bond donors (Lipinski definition) is 1. The topological polar surface area (TPSA) is 62.3 Å². The Morgan fingerprint density at radius 3 is 2.44 bits per heavy atom. The zero-order chi connectivity index (χ0) is 18.9. The van der Waals surface area contributed by atoms with Gasteiger partial charge in [0.2, 0.25) is 0 Å². The average molecular weight is 378 g/mol. The van der Waals surface area contributed by atoms with Gasteiger partial charge in [-0.3, -0.25) is 15.0 Å². The zero-order valence-corrected chi connectivity index (χ0v) is 14.8. The van der Waals surface area contributed by atoms with Crippen molar-refractivity contribution in [1.82, 2.24) is 9.99 Å². The van der Waals surface area contributed by atoms with Crippen LogP contribution in [0.4, 0.5) is 19.0 Å². The maximum atomic E-state index is 12.7. The fourth-order valence-corrected chi connectivity index (χ4v) is 2.94. The number of nitrogens with zero attached hydrogens (tertiary/aromatic N) is 2. The van der Waals surface area contributed by atoms with Gasteiger partial charge in [0.15, 0.2) is 0 Å². The minimum absolute atomic E-state index is 0.101. The summed E-state index contributed by atoms with van der Waals surface area (Å²) in [6.07, 6.45) is -3.26. The number of hydrogen-bond acceptors (Lipinski definition) is 4. The van der Waals surface area contributed by atoms with Crippen molar-refractivity contribution < 1.29 is 22.8 Å². The van der Waals surface area contributed by atoms with E-state index in [1.165, 1.54) is 0 Å². The predicted octanol–water partition coefficient (Wildman–Crippen LogP) is 4.14. The van der Waals surface area contributed by atoms with Gasteiger partial charge >= 0.3 is 6.18 Å². The number of imide groups is 1. The number of hydrazine groups is 1. The lowest BCUT2D eigenvalue weighted by Gasteiger charge is -2.17. The van der Waals surface area contributed by atoms with Crippen molar-refractivity contribution >= 4 is 29.2 Å². The van der Waals surface area contributed by atoms with E-state index in [1.54, 1.807) is 6.92 Å². The number of halogens is 4. The number of rotatable bonds is 5. The molecule has 2 heterocycles. The van der Waals surface area contributed by atoms with Crippen LogP contribution in [-0.2, 0) is 15.8 Å². The van der Waals surface area contributed by atoms with Crippen molar-refractivity contribution in [3.8, 4) is 0 Å². The van der Waals surface area contributed by atoms with E-state index in [1.807, 2.05) is 13.8 Å². The van der Waals surface area contributed by atoms with Gasteiger partial charge in [0, 0.05) is 5.92 Å². The summed E-state index contributed by atoms with van der Waals surface area (Å²) in [6.45, 7) is 5.71. The number of amides is 2. The van der Waals surface area contributed by atoms with Crippen LogP contribution in [0.15, 0.2) is 12.1 Å². The molecule has 1 aromatic rings. The molecule has 0 aromatic carbocycles. The Balaban J connectivity index is 2.16. The third kappa shape index (κ3) is 4.23. The molecule has 2 amide bonds. The minimum Gasteiger partial charge on any atom is -0.272 e. The highest BCUT2D eigenvalue weighted by atomic mass is 35.5. The van der Waals surface area contributed by atoms with Crippen LogP contribution in [0.3, 0.4) is 0 Å². The SMILES string of the molecule is CC(C)CCC1C(=O)N(Nc2ccc(C(F)(F)F)c(Cl)n2)C(=O)C1C. The molecule has 0 radical (unpaired) electrons. The average Bonchev–Trinajstić information content (AvgIpc) is 2.68. The molecule has 1 fully saturated rings. The lowest BCUT2D eigenvalue weighted by molar-refractivity contribution is -0.139. The van der Waals surface area contributed by atoms with Crippen LogP contribution < -0.4 is 5.43 Å². The number of aromatic nitrogens is 1. The molecule has 0 aliphatic carbocycles. The van der Waals surface area contributed by atoms with Crippen LogP contribution in [-0.4, -0.2) is 21.8 Å². The van der Waals surface area contributed by atoms with E-state index in [2.05, 4.69) is 10.4 Å². The smallest absolute Gasteiger partial charge is 0.272 e. The molecule has 1 aliphatic heterocycles. The first-order chi connectivity index (χ1) is 11.5. The van der Waals surface area contributed by atoms with Crippen molar-refractivity contribution in [3.05, 3.63) is 22.8 Å². The minimum atomic E-state index is -4.63.